The number of amides is 1. The van der Waals surface area contributed by atoms with E-state index in [1.165, 1.54) is 25.7 Å². The van der Waals surface area contributed by atoms with Crippen molar-refractivity contribution in [2.24, 2.45) is 11.7 Å². The zero-order chi connectivity index (χ0) is 12.1. The monoisotopic (exact) mass is 240 g/mol. The Hall–Kier alpha value is -0.610. The second-order valence-electron chi connectivity index (χ2n) is 5.50. The summed E-state index contributed by atoms with van der Waals surface area (Å²) in [6.45, 7) is 1.94. The fraction of sp³-hybridized carbons (Fsp3) is 0.923. The highest BCUT2D eigenvalue weighted by molar-refractivity contribution is 5.77. The van der Waals surface area contributed by atoms with E-state index in [0.717, 1.165) is 12.8 Å². The Kier molecular flexibility index (Phi) is 4.40. The molecule has 2 rings (SSSR count). The predicted molar refractivity (Wildman–Crippen MR) is 66.6 cm³/mol. The van der Waals surface area contributed by atoms with Crippen LogP contribution in [0.3, 0.4) is 0 Å². The van der Waals surface area contributed by atoms with Gasteiger partial charge in [-0.1, -0.05) is 12.8 Å². The predicted octanol–water partition coefficient (Wildman–Crippen LogP) is 1.19. The van der Waals surface area contributed by atoms with Crippen LogP contribution in [0.25, 0.3) is 0 Å². The largest absolute Gasteiger partial charge is 0.381 e. The molecular weight excluding hydrogens is 216 g/mol. The molecule has 1 saturated carbocycles. The SMILES string of the molecule is NCC1(NC(=O)CC2CCCC2)CCOCC1. The molecule has 0 aromatic carbocycles. The van der Waals surface area contributed by atoms with Crippen molar-refractivity contribution in [2.45, 2.75) is 50.5 Å². The van der Waals surface area contributed by atoms with Crippen molar-refractivity contribution in [1.29, 1.82) is 0 Å². The van der Waals surface area contributed by atoms with Crippen LogP contribution in [0.5, 0.6) is 0 Å². The third kappa shape index (κ3) is 3.42. The Morgan fingerprint density at radius 1 is 1.29 bits per heavy atom. The normalized spacial score (nSPS) is 24.8. The molecule has 2 fully saturated rings. The first-order valence-electron chi connectivity index (χ1n) is 6.83. The van der Waals surface area contributed by atoms with Gasteiger partial charge in [-0.15, -0.1) is 0 Å². The van der Waals surface area contributed by atoms with Crippen LogP contribution in [-0.4, -0.2) is 31.2 Å². The molecule has 2 aliphatic rings. The molecule has 4 heteroatoms. The van der Waals surface area contributed by atoms with Crippen LogP contribution in [-0.2, 0) is 9.53 Å². The van der Waals surface area contributed by atoms with E-state index in [4.69, 9.17) is 10.5 Å². The van der Waals surface area contributed by atoms with Crippen molar-refractivity contribution >= 4 is 5.91 Å². The quantitative estimate of drug-likeness (QED) is 0.776. The number of carbonyl (C=O) groups is 1. The topological polar surface area (TPSA) is 64.3 Å². The number of nitrogens with two attached hydrogens (primary N) is 1. The Labute approximate surface area is 103 Å². The fourth-order valence-electron chi connectivity index (χ4n) is 2.97. The second-order valence-corrected chi connectivity index (χ2v) is 5.50. The lowest BCUT2D eigenvalue weighted by molar-refractivity contribution is -0.125. The van der Waals surface area contributed by atoms with Gasteiger partial charge in [0.2, 0.25) is 5.91 Å². The van der Waals surface area contributed by atoms with Gasteiger partial charge in [0.05, 0.1) is 5.54 Å². The molecule has 0 spiro atoms. The minimum absolute atomic E-state index is 0.184. The molecule has 0 atom stereocenters. The lowest BCUT2D eigenvalue weighted by Crippen LogP contribution is -2.56. The molecule has 1 aliphatic carbocycles. The summed E-state index contributed by atoms with van der Waals surface area (Å²) in [6.07, 6.45) is 7.38. The van der Waals surface area contributed by atoms with Gasteiger partial charge < -0.3 is 15.8 Å². The van der Waals surface area contributed by atoms with Gasteiger partial charge in [-0.25, -0.2) is 0 Å². The second kappa shape index (κ2) is 5.83. The number of ether oxygens (including phenoxy) is 1. The van der Waals surface area contributed by atoms with Crippen molar-refractivity contribution in [1.82, 2.24) is 5.32 Å². The Bertz CT molecular complexity index is 256. The summed E-state index contributed by atoms with van der Waals surface area (Å²) < 4.78 is 5.33. The summed E-state index contributed by atoms with van der Waals surface area (Å²) in [7, 11) is 0. The summed E-state index contributed by atoms with van der Waals surface area (Å²) in [5, 5.41) is 3.16. The van der Waals surface area contributed by atoms with Gasteiger partial charge in [0.1, 0.15) is 0 Å². The van der Waals surface area contributed by atoms with Crippen LogP contribution >= 0.6 is 0 Å². The van der Waals surface area contributed by atoms with E-state index in [0.29, 0.717) is 32.1 Å². The molecule has 1 heterocycles. The molecule has 3 N–H and O–H groups in total. The summed E-state index contributed by atoms with van der Waals surface area (Å²) in [6, 6.07) is 0. The van der Waals surface area contributed by atoms with Gasteiger partial charge >= 0.3 is 0 Å². The van der Waals surface area contributed by atoms with E-state index < -0.39 is 0 Å². The highest BCUT2D eigenvalue weighted by Crippen LogP contribution is 2.28. The van der Waals surface area contributed by atoms with E-state index in [2.05, 4.69) is 5.32 Å². The first kappa shape index (κ1) is 12.8. The molecule has 0 aromatic rings. The van der Waals surface area contributed by atoms with Crippen LogP contribution in [0.2, 0.25) is 0 Å². The molecule has 1 saturated heterocycles. The maximum atomic E-state index is 12.0. The number of hydrogen-bond donors (Lipinski definition) is 2. The van der Waals surface area contributed by atoms with Gasteiger partial charge in [0, 0.05) is 26.2 Å². The minimum Gasteiger partial charge on any atom is -0.381 e. The van der Waals surface area contributed by atoms with Crippen LogP contribution in [0.15, 0.2) is 0 Å². The fourth-order valence-corrected chi connectivity index (χ4v) is 2.97. The summed E-state index contributed by atoms with van der Waals surface area (Å²) >= 11 is 0. The lowest BCUT2D eigenvalue weighted by Gasteiger charge is -2.37. The van der Waals surface area contributed by atoms with Gasteiger partial charge in [-0.05, 0) is 31.6 Å². The molecule has 0 unspecified atom stereocenters. The molecule has 17 heavy (non-hydrogen) atoms. The van der Waals surface area contributed by atoms with Crippen molar-refractivity contribution in [3.8, 4) is 0 Å². The van der Waals surface area contributed by atoms with Crippen LogP contribution < -0.4 is 11.1 Å². The minimum atomic E-state index is -0.200. The van der Waals surface area contributed by atoms with Gasteiger partial charge in [-0.3, -0.25) is 4.79 Å². The van der Waals surface area contributed by atoms with Crippen LogP contribution in [0.1, 0.15) is 44.9 Å². The first-order valence-corrected chi connectivity index (χ1v) is 6.83. The molecule has 1 aliphatic heterocycles. The zero-order valence-electron chi connectivity index (χ0n) is 10.5. The van der Waals surface area contributed by atoms with Crippen LogP contribution in [0, 0.1) is 5.92 Å². The average Bonchev–Trinajstić information content (AvgIpc) is 2.83. The number of hydrogen-bond acceptors (Lipinski definition) is 3. The van der Waals surface area contributed by atoms with E-state index in [1.807, 2.05) is 0 Å². The number of nitrogens with one attached hydrogen (secondary N) is 1. The standard InChI is InChI=1S/C13H24N2O2/c14-10-13(5-7-17-8-6-13)15-12(16)9-11-3-1-2-4-11/h11H,1-10,14H2,(H,15,16). The Morgan fingerprint density at radius 2 is 1.94 bits per heavy atom. The van der Waals surface area contributed by atoms with Gasteiger partial charge in [0.25, 0.3) is 0 Å². The molecule has 4 nitrogen and oxygen atoms in total. The highest BCUT2D eigenvalue weighted by atomic mass is 16.5. The smallest absolute Gasteiger partial charge is 0.220 e. The van der Waals surface area contributed by atoms with E-state index in [9.17, 15) is 4.79 Å². The van der Waals surface area contributed by atoms with Crippen molar-refractivity contribution in [3.63, 3.8) is 0 Å². The van der Waals surface area contributed by atoms with Crippen molar-refractivity contribution < 1.29 is 9.53 Å². The van der Waals surface area contributed by atoms with Gasteiger partial charge in [0.15, 0.2) is 0 Å². The summed E-state index contributed by atoms with van der Waals surface area (Å²) in [4.78, 5) is 12.0. The van der Waals surface area contributed by atoms with Gasteiger partial charge in [-0.2, -0.15) is 0 Å². The first-order chi connectivity index (χ1) is 8.24. The highest BCUT2D eigenvalue weighted by Gasteiger charge is 2.33. The molecular formula is C13H24N2O2. The Morgan fingerprint density at radius 3 is 2.53 bits per heavy atom. The third-order valence-corrected chi connectivity index (χ3v) is 4.19. The molecule has 0 radical (unpaired) electrons. The summed E-state index contributed by atoms with van der Waals surface area (Å²) in [5.74, 6) is 0.786. The van der Waals surface area contributed by atoms with E-state index in [-0.39, 0.29) is 11.4 Å². The maximum Gasteiger partial charge on any atom is 0.220 e. The third-order valence-electron chi connectivity index (χ3n) is 4.19. The lowest BCUT2D eigenvalue weighted by atomic mass is 9.89. The number of carbonyl (C=O) groups excluding carboxylic acids is 1. The van der Waals surface area contributed by atoms with E-state index in [1.54, 1.807) is 0 Å². The van der Waals surface area contributed by atoms with E-state index >= 15 is 0 Å². The molecule has 0 bridgehead atoms. The average molecular weight is 240 g/mol. The molecule has 0 aromatic heterocycles. The van der Waals surface area contributed by atoms with Crippen LogP contribution in [0.4, 0.5) is 0 Å². The molecule has 98 valence electrons. The van der Waals surface area contributed by atoms with Crippen molar-refractivity contribution in [3.05, 3.63) is 0 Å². The Balaban J connectivity index is 1.82. The maximum absolute atomic E-state index is 12.0. The zero-order valence-corrected chi connectivity index (χ0v) is 10.5. The summed E-state index contributed by atoms with van der Waals surface area (Å²) in [5.41, 5.74) is 5.62. The molecule has 1 amide bonds. The van der Waals surface area contributed by atoms with Crippen molar-refractivity contribution in [2.75, 3.05) is 19.8 Å². The number of rotatable bonds is 4.